The van der Waals surface area contributed by atoms with Gasteiger partial charge in [0.25, 0.3) is 0 Å². The zero-order chi connectivity index (χ0) is 14.1. The van der Waals surface area contributed by atoms with E-state index in [1.54, 1.807) is 11.3 Å². The smallest absolute Gasteiger partial charge is 0.240 e. The maximum Gasteiger partial charge on any atom is 0.240 e. The number of rotatable bonds is 3. The van der Waals surface area contributed by atoms with E-state index in [4.69, 9.17) is 5.84 Å². The van der Waals surface area contributed by atoms with Gasteiger partial charge in [-0.05, 0) is 24.9 Å². The Kier molecular flexibility index (Phi) is 3.73. The van der Waals surface area contributed by atoms with Crippen molar-refractivity contribution in [2.45, 2.75) is 19.4 Å². The number of piperazine rings is 1. The number of fused-ring (bicyclic) bond motifs is 1. The SMILES string of the molecule is CCC1CN(c2nc(NN)nc3sccc23)CCN1C. The van der Waals surface area contributed by atoms with Gasteiger partial charge in [-0.3, -0.25) is 10.3 Å². The lowest BCUT2D eigenvalue weighted by molar-refractivity contribution is 0.213. The van der Waals surface area contributed by atoms with Crippen LogP contribution < -0.4 is 16.2 Å². The Balaban J connectivity index is 1.98. The number of nitrogens with two attached hydrogens (primary N) is 1. The molecule has 0 spiro atoms. The van der Waals surface area contributed by atoms with Crippen LogP contribution in [0.5, 0.6) is 0 Å². The lowest BCUT2D eigenvalue weighted by atomic mass is 10.1. The molecule has 0 radical (unpaired) electrons. The van der Waals surface area contributed by atoms with Crippen molar-refractivity contribution in [1.29, 1.82) is 0 Å². The number of thiophene rings is 1. The van der Waals surface area contributed by atoms with Gasteiger partial charge in [0.2, 0.25) is 5.95 Å². The first-order chi connectivity index (χ1) is 9.72. The molecule has 1 aliphatic rings. The van der Waals surface area contributed by atoms with Crippen molar-refractivity contribution in [3.63, 3.8) is 0 Å². The second-order valence-corrected chi connectivity index (χ2v) is 6.04. The number of nitrogens with zero attached hydrogens (tertiary/aromatic N) is 4. The number of anilines is 2. The topological polar surface area (TPSA) is 70.3 Å². The van der Waals surface area contributed by atoms with Gasteiger partial charge in [-0.25, -0.2) is 10.8 Å². The first-order valence-corrected chi connectivity index (χ1v) is 7.78. The number of nitrogen functional groups attached to an aromatic ring is 1. The van der Waals surface area contributed by atoms with Crippen molar-refractivity contribution in [3.05, 3.63) is 11.4 Å². The number of aromatic nitrogens is 2. The van der Waals surface area contributed by atoms with E-state index in [9.17, 15) is 0 Å². The van der Waals surface area contributed by atoms with Gasteiger partial charge in [-0.1, -0.05) is 6.92 Å². The van der Waals surface area contributed by atoms with Crippen LogP contribution in [0, 0.1) is 0 Å². The van der Waals surface area contributed by atoms with Crippen LogP contribution in [0.3, 0.4) is 0 Å². The lowest BCUT2D eigenvalue weighted by Crippen LogP contribution is -2.51. The summed E-state index contributed by atoms with van der Waals surface area (Å²) in [6.07, 6.45) is 1.15. The zero-order valence-electron chi connectivity index (χ0n) is 11.8. The molecular weight excluding hydrogens is 272 g/mol. The summed E-state index contributed by atoms with van der Waals surface area (Å²) in [5.74, 6) is 6.97. The summed E-state index contributed by atoms with van der Waals surface area (Å²) in [6.45, 7) is 5.27. The van der Waals surface area contributed by atoms with Crippen molar-refractivity contribution in [1.82, 2.24) is 14.9 Å². The fourth-order valence-electron chi connectivity index (χ4n) is 2.72. The minimum atomic E-state index is 0.488. The van der Waals surface area contributed by atoms with E-state index in [-0.39, 0.29) is 0 Å². The maximum absolute atomic E-state index is 5.49. The van der Waals surface area contributed by atoms with Crippen molar-refractivity contribution in [3.8, 4) is 0 Å². The van der Waals surface area contributed by atoms with Crippen molar-refractivity contribution >= 4 is 33.3 Å². The highest BCUT2D eigenvalue weighted by Gasteiger charge is 2.25. The Morgan fingerprint density at radius 3 is 3.05 bits per heavy atom. The normalized spacial score (nSPS) is 20.6. The first kappa shape index (κ1) is 13.5. The number of nitrogens with one attached hydrogen (secondary N) is 1. The third-order valence-electron chi connectivity index (χ3n) is 3.98. The van der Waals surface area contributed by atoms with E-state index < -0.39 is 0 Å². The van der Waals surface area contributed by atoms with E-state index in [1.165, 1.54) is 0 Å². The molecular formula is C13H20N6S. The molecule has 0 bridgehead atoms. The highest BCUT2D eigenvalue weighted by atomic mass is 32.1. The third-order valence-corrected chi connectivity index (χ3v) is 4.79. The van der Waals surface area contributed by atoms with Gasteiger partial charge in [0.1, 0.15) is 10.6 Å². The van der Waals surface area contributed by atoms with E-state index >= 15 is 0 Å². The summed E-state index contributed by atoms with van der Waals surface area (Å²) in [4.78, 5) is 14.7. The molecule has 3 heterocycles. The minimum Gasteiger partial charge on any atom is -0.353 e. The summed E-state index contributed by atoms with van der Waals surface area (Å²) >= 11 is 1.62. The van der Waals surface area contributed by atoms with Gasteiger partial charge in [-0.2, -0.15) is 4.98 Å². The standard InChI is InChI=1S/C13H20N6S/c1-3-9-8-19(6-5-18(9)2)11-10-4-7-20-12(10)16-13(15-11)17-14/h4,7,9H,3,5-6,8,14H2,1-2H3,(H,15,16,17). The van der Waals surface area contributed by atoms with E-state index in [0.717, 1.165) is 42.1 Å². The molecule has 2 aromatic rings. The van der Waals surface area contributed by atoms with Crippen LogP contribution in [0.1, 0.15) is 13.3 Å². The molecule has 0 aromatic carbocycles. The van der Waals surface area contributed by atoms with Crippen LogP contribution >= 0.6 is 11.3 Å². The molecule has 20 heavy (non-hydrogen) atoms. The first-order valence-electron chi connectivity index (χ1n) is 6.90. The van der Waals surface area contributed by atoms with Crippen molar-refractivity contribution in [2.24, 2.45) is 5.84 Å². The predicted octanol–water partition coefficient (Wildman–Crippen LogP) is 1.51. The Hall–Kier alpha value is -1.44. The molecule has 0 amide bonds. The van der Waals surface area contributed by atoms with Gasteiger partial charge in [-0.15, -0.1) is 11.3 Å². The molecule has 3 rings (SSSR count). The Labute approximate surface area is 122 Å². The molecule has 3 N–H and O–H groups in total. The summed E-state index contributed by atoms with van der Waals surface area (Å²) < 4.78 is 0. The number of hydrazine groups is 1. The monoisotopic (exact) mass is 292 g/mol. The van der Waals surface area contributed by atoms with Crippen LogP contribution in [0.2, 0.25) is 0 Å². The van der Waals surface area contributed by atoms with Gasteiger partial charge in [0, 0.05) is 25.7 Å². The average Bonchev–Trinajstić information content (AvgIpc) is 2.95. The Morgan fingerprint density at radius 2 is 2.30 bits per heavy atom. The van der Waals surface area contributed by atoms with Crippen molar-refractivity contribution in [2.75, 3.05) is 37.0 Å². The van der Waals surface area contributed by atoms with Gasteiger partial charge in [0.05, 0.1) is 5.39 Å². The Morgan fingerprint density at radius 1 is 1.45 bits per heavy atom. The molecule has 7 heteroatoms. The highest BCUT2D eigenvalue weighted by molar-refractivity contribution is 7.16. The van der Waals surface area contributed by atoms with E-state index in [1.807, 2.05) is 0 Å². The average molecular weight is 292 g/mol. The van der Waals surface area contributed by atoms with Crippen LogP contribution in [0.4, 0.5) is 11.8 Å². The molecule has 1 unspecified atom stereocenters. The fraction of sp³-hybridized carbons (Fsp3) is 0.538. The van der Waals surface area contributed by atoms with Gasteiger partial charge < -0.3 is 4.90 Å². The highest BCUT2D eigenvalue weighted by Crippen LogP contribution is 2.30. The number of hydrogen-bond acceptors (Lipinski definition) is 7. The lowest BCUT2D eigenvalue weighted by Gasteiger charge is -2.39. The molecule has 1 saturated heterocycles. The maximum atomic E-state index is 5.49. The number of hydrogen-bond donors (Lipinski definition) is 2. The minimum absolute atomic E-state index is 0.488. The Bertz CT molecular complexity index is 598. The zero-order valence-corrected chi connectivity index (χ0v) is 12.7. The van der Waals surface area contributed by atoms with Crippen LogP contribution in [-0.4, -0.2) is 47.6 Å². The second-order valence-electron chi connectivity index (χ2n) is 5.14. The van der Waals surface area contributed by atoms with Crippen LogP contribution in [-0.2, 0) is 0 Å². The molecule has 1 atom stereocenters. The van der Waals surface area contributed by atoms with E-state index in [2.05, 4.69) is 50.6 Å². The summed E-state index contributed by atoms with van der Waals surface area (Å²) in [6, 6.07) is 2.66. The molecule has 1 aliphatic heterocycles. The van der Waals surface area contributed by atoms with Gasteiger partial charge >= 0.3 is 0 Å². The molecule has 0 aliphatic carbocycles. The summed E-state index contributed by atoms with van der Waals surface area (Å²) in [5, 5.41) is 3.17. The fourth-order valence-corrected chi connectivity index (χ4v) is 3.48. The molecule has 0 saturated carbocycles. The predicted molar refractivity (Wildman–Crippen MR) is 84.1 cm³/mol. The van der Waals surface area contributed by atoms with E-state index in [0.29, 0.717) is 12.0 Å². The van der Waals surface area contributed by atoms with Crippen LogP contribution in [0.25, 0.3) is 10.2 Å². The quantitative estimate of drug-likeness (QED) is 0.660. The second kappa shape index (κ2) is 5.51. The molecule has 2 aromatic heterocycles. The molecule has 1 fully saturated rings. The summed E-state index contributed by atoms with van der Waals surface area (Å²) in [7, 11) is 2.19. The molecule has 6 nitrogen and oxygen atoms in total. The third kappa shape index (κ3) is 2.32. The molecule has 108 valence electrons. The van der Waals surface area contributed by atoms with Gasteiger partial charge in [0.15, 0.2) is 0 Å². The summed E-state index contributed by atoms with van der Waals surface area (Å²) in [5.41, 5.74) is 2.57. The largest absolute Gasteiger partial charge is 0.353 e. The number of likely N-dealkylation sites (N-methyl/N-ethyl adjacent to an activating group) is 1. The van der Waals surface area contributed by atoms with Crippen molar-refractivity contribution < 1.29 is 0 Å². The van der Waals surface area contributed by atoms with Crippen LogP contribution in [0.15, 0.2) is 11.4 Å².